The minimum atomic E-state index is 0.850. The third-order valence-electron chi connectivity index (χ3n) is 4.20. The number of hydrogen-bond donors (Lipinski definition) is 0. The SMILES string of the molecule is Cn1c2ccccc2c2nnc3c4ncccc4n(I)c3c21. The average molecular weight is 399 g/mol. The summed E-state index contributed by atoms with van der Waals surface area (Å²) in [5.74, 6) is 0. The van der Waals surface area contributed by atoms with E-state index in [4.69, 9.17) is 0 Å². The molecule has 0 aliphatic heterocycles. The van der Waals surface area contributed by atoms with E-state index < -0.39 is 0 Å². The molecule has 5 aromatic rings. The Morgan fingerprint density at radius 3 is 2.55 bits per heavy atom. The van der Waals surface area contributed by atoms with Crippen molar-refractivity contribution in [3.63, 3.8) is 0 Å². The van der Waals surface area contributed by atoms with Crippen LogP contribution in [0, 0.1) is 0 Å². The number of para-hydroxylation sites is 1. The molecule has 0 radical (unpaired) electrons. The van der Waals surface area contributed by atoms with Gasteiger partial charge in [0.05, 0.1) is 39.4 Å². The Morgan fingerprint density at radius 1 is 0.864 bits per heavy atom. The summed E-state index contributed by atoms with van der Waals surface area (Å²) < 4.78 is 4.32. The Hall–Kier alpha value is -2.22. The summed E-state index contributed by atoms with van der Waals surface area (Å²) in [4.78, 5) is 4.48. The third kappa shape index (κ3) is 1.36. The highest BCUT2D eigenvalue weighted by Gasteiger charge is 2.19. The second-order valence-corrected chi connectivity index (χ2v) is 6.29. The van der Waals surface area contributed by atoms with Crippen LogP contribution in [0.3, 0.4) is 0 Å². The molecule has 5 nitrogen and oxygen atoms in total. The molecule has 0 aliphatic carbocycles. The van der Waals surface area contributed by atoms with Crippen molar-refractivity contribution in [1.82, 2.24) is 22.5 Å². The molecule has 4 heterocycles. The van der Waals surface area contributed by atoms with Crippen LogP contribution in [0.1, 0.15) is 0 Å². The maximum Gasteiger partial charge on any atom is 0.140 e. The largest absolute Gasteiger partial charge is 0.340 e. The first-order valence-corrected chi connectivity index (χ1v) is 7.89. The molecular formula is C16H10IN5. The van der Waals surface area contributed by atoms with Crippen LogP contribution in [0.15, 0.2) is 42.6 Å². The number of aryl methyl sites for hydroxylation is 1. The molecule has 22 heavy (non-hydrogen) atoms. The first-order chi connectivity index (χ1) is 10.8. The molecular weight excluding hydrogens is 389 g/mol. The summed E-state index contributed by atoms with van der Waals surface area (Å²) in [6, 6.07) is 12.3. The maximum absolute atomic E-state index is 4.49. The average Bonchev–Trinajstić information content (AvgIpc) is 3.02. The molecule has 0 aliphatic rings. The van der Waals surface area contributed by atoms with Crippen LogP contribution in [0.2, 0.25) is 0 Å². The number of fused-ring (bicyclic) bond motifs is 7. The molecule has 0 unspecified atom stereocenters. The molecule has 5 rings (SSSR count). The predicted octanol–water partition coefficient (Wildman–Crippen LogP) is 3.82. The van der Waals surface area contributed by atoms with E-state index in [1.54, 1.807) is 6.20 Å². The summed E-state index contributed by atoms with van der Waals surface area (Å²) >= 11 is 2.32. The Bertz CT molecular complexity index is 1110. The highest BCUT2D eigenvalue weighted by molar-refractivity contribution is 14.1. The number of aromatic nitrogens is 5. The Morgan fingerprint density at radius 2 is 1.64 bits per heavy atom. The van der Waals surface area contributed by atoms with Gasteiger partial charge in [-0.15, -0.1) is 10.2 Å². The zero-order valence-electron chi connectivity index (χ0n) is 11.7. The van der Waals surface area contributed by atoms with E-state index in [1.165, 1.54) is 0 Å². The van der Waals surface area contributed by atoms with Gasteiger partial charge in [-0.1, -0.05) is 18.2 Å². The van der Waals surface area contributed by atoms with Crippen molar-refractivity contribution in [1.29, 1.82) is 0 Å². The standard InChI is InChI=1S/C16H10IN5/c1-21-10-6-3-2-5-9(10)12-15(21)16-14(20-19-12)13-11(22(16)17)7-4-8-18-13/h2-8H,1H3. The summed E-state index contributed by atoms with van der Waals surface area (Å²) in [5.41, 5.74) is 7.07. The molecule has 0 amide bonds. The highest BCUT2D eigenvalue weighted by atomic mass is 127. The number of pyridine rings is 1. The van der Waals surface area contributed by atoms with Crippen LogP contribution >= 0.6 is 22.9 Å². The first kappa shape index (κ1) is 12.3. The smallest absolute Gasteiger partial charge is 0.140 e. The fourth-order valence-corrected chi connectivity index (χ4v) is 4.05. The molecule has 106 valence electrons. The Balaban J connectivity index is 2.18. The zero-order valence-corrected chi connectivity index (χ0v) is 13.8. The van der Waals surface area contributed by atoms with Gasteiger partial charge in [0.25, 0.3) is 0 Å². The van der Waals surface area contributed by atoms with Crippen molar-refractivity contribution in [2.45, 2.75) is 0 Å². The van der Waals surface area contributed by atoms with Crippen molar-refractivity contribution in [2.75, 3.05) is 0 Å². The van der Waals surface area contributed by atoms with Gasteiger partial charge < -0.3 is 4.57 Å². The zero-order chi connectivity index (χ0) is 14.8. The van der Waals surface area contributed by atoms with Gasteiger partial charge in [0.1, 0.15) is 22.1 Å². The number of rotatable bonds is 0. The Kier molecular flexibility index (Phi) is 2.33. The lowest BCUT2D eigenvalue weighted by Crippen LogP contribution is -1.92. The van der Waals surface area contributed by atoms with Gasteiger partial charge in [-0.2, -0.15) is 0 Å². The van der Waals surface area contributed by atoms with Crippen LogP contribution < -0.4 is 0 Å². The topological polar surface area (TPSA) is 48.5 Å². The number of halogens is 1. The molecule has 0 spiro atoms. The van der Waals surface area contributed by atoms with Crippen LogP contribution in [0.5, 0.6) is 0 Å². The van der Waals surface area contributed by atoms with Crippen molar-refractivity contribution in [3.8, 4) is 0 Å². The van der Waals surface area contributed by atoms with E-state index >= 15 is 0 Å². The minimum Gasteiger partial charge on any atom is -0.340 e. The van der Waals surface area contributed by atoms with E-state index in [0.29, 0.717) is 0 Å². The maximum atomic E-state index is 4.49. The van der Waals surface area contributed by atoms with Crippen molar-refractivity contribution < 1.29 is 0 Å². The summed E-state index contributed by atoms with van der Waals surface area (Å²) in [7, 11) is 2.08. The molecule has 1 aromatic carbocycles. The van der Waals surface area contributed by atoms with Gasteiger partial charge in [-0.25, -0.2) is 0 Å². The number of hydrogen-bond acceptors (Lipinski definition) is 3. The third-order valence-corrected chi connectivity index (χ3v) is 5.20. The Labute approximate surface area is 139 Å². The molecule has 0 saturated carbocycles. The molecule has 0 atom stereocenters. The monoisotopic (exact) mass is 399 g/mol. The highest BCUT2D eigenvalue weighted by Crippen LogP contribution is 2.35. The number of nitrogens with zero attached hydrogens (tertiary/aromatic N) is 5. The fourth-order valence-electron chi connectivity index (χ4n) is 3.21. The van der Waals surface area contributed by atoms with Gasteiger partial charge in [0.15, 0.2) is 0 Å². The first-order valence-electron chi connectivity index (χ1n) is 6.92. The second kappa shape index (κ2) is 4.16. The van der Waals surface area contributed by atoms with Gasteiger partial charge in [0.2, 0.25) is 0 Å². The lowest BCUT2D eigenvalue weighted by molar-refractivity contribution is 1.01. The van der Waals surface area contributed by atoms with Crippen molar-refractivity contribution in [2.24, 2.45) is 7.05 Å². The van der Waals surface area contributed by atoms with Gasteiger partial charge in [-0.3, -0.25) is 7.76 Å². The van der Waals surface area contributed by atoms with E-state index in [2.05, 4.69) is 70.6 Å². The fraction of sp³-hybridized carbons (Fsp3) is 0.0625. The summed E-state index contributed by atoms with van der Waals surface area (Å²) in [6.45, 7) is 0. The van der Waals surface area contributed by atoms with Crippen molar-refractivity contribution >= 4 is 66.9 Å². The predicted molar refractivity (Wildman–Crippen MR) is 96.2 cm³/mol. The normalized spacial score (nSPS) is 12.1. The second-order valence-electron chi connectivity index (χ2n) is 5.32. The van der Waals surface area contributed by atoms with Crippen LogP contribution in [-0.4, -0.2) is 22.5 Å². The van der Waals surface area contributed by atoms with Crippen LogP contribution in [0.4, 0.5) is 0 Å². The van der Waals surface area contributed by atoms with Crippen molar-refractivity contribution in [3.05, 3.63) is 42.6 Å². The van der Waals surface area contributed by atoms with Gasteiger partial charge in [-0.05, 0) is 18.2 Å². The molecule has 0 saturated heterocycles. The molecule has 0 N–H and O–H groups in total. The van der Waals surface area contributed by atoms with Gasteiger partial charge >= 0.3 is 0 Å². The van der Waals surface area contributed by atoms with E-state index in [-0.39, 0.29) is 0 Å². The van der Waals surface area contributed by atoms with Gasteiger partial charge in [0, 0.05) is 18.6 Å². The molecule has 0 fully saturated rings. The lowest BCUT2D eigenvalue weighted by Gasteiger charge is -2.00. The van der Waals surface area contributed by atoms with E-state index in [1.807, 2.05) is 18.2 Å². The van der Waals surface area contributed by atoms with E-state index in [0.717, 1.165) is 44.0 Å². The molecule has 6 heteroatoms. The van der Waals surface area contributed by atoms with E-state index in [9.17, 15) is 0 Å². The van der Waals surface area contributed by atoms with Crippen LogP contribution in [0.25, 0.3) is 44.0 Å². The summed E-state index contributed by atoms with van der Waals surface area (Å²) in [6.07, 6.45) is 1.80. The molecule has 4 aromatic heterocycles. The minimum absolute atomic E-state index is 0.850. The molecule has 0 bridgehead atoms. The quantitative estimate of drug-likeness (QED) is 0.372. The van der Waals surface area contributed by atoms with Crippen LogP contribution in [-0.2, 0) is 7.05 Å². The number of benzene rings is 1. The summed E-state index contributed by atoms with van der Waals surface area (Å²) in [5, 5.41) is 10.1. The lowest BCUT2D eigenvalue weighted by atomic mass is 10.2.